The van der Waals surface area contributed by atoms with Gasteiger partial charge in [-0.05, 0) is 12.2 Å². The first-order chi connectivity index (χ1) is 13.2. The maximum Gasteiger partial charge on any atom is 0.341 e. The summed E-state index contributed by atoms with van der Waals surface area (Å²) in [5.41, 5.74) is -2.02. The molecule has 0 radical (unpaired) electrons. The summed E-state index contributed by atoms with van der Waals surface area (Å²) in [5, 5.41) is 0. The van der Waals surface area contributed by atoms with Gasteiger partial charge in [0.2, 0.25) is 11.9 Å². The molecule has 2 rings (SSSR count). The van der Waals surface area contributed by atoms with Crippen molar-refractivity contribution in [3.8, 4) is 0 Å². The number of nitrogens with zero attached hydrogens (tertiary/aromatic N) is 2. The average molecular weight is 406 g/mol. The van der Waals surface area contributed by atoms with Gasteiger partial charge in [-0.15, -0.1) is 0 Å². The zero-order chi connectivity index (χ0) is 20.8. The van der Waals surface area contributed by atoms with Crippen molar-refractivity contribution in [2.24, 2.45) is 0 Å². The standard InChI is InChI=1S/C16H8F6N2O4/c17-9-5-7(11(19)13(21)23-9)15(25)27-3-1-2-4-28-16(26)8-6-10(18)24-14(22)12(8)20/h1-2,5-6H,3-4H2/b2-1-. The van der Waals surface area contributed by atoms with Crippen molar-refractivity contribution in [3.63, 3.8) is 0 Å². The van der Waals surface area contributed by atoms with Gasteiger partial charge in [0.15, 0.2) is 11.6 Å². The van der Waals surface area contributed by atoms with E-state index in [4.69, 9.17) is 0 Å². The fourth-order valence-electron chi connectivity index (χ4n) is 1.77. The number of hydrogen-bond donors (Lipinski definition) is 0. The van der Waals surface area contributed by atoms with Crippen LogP contribution in [0.4, 0.5) is 26.3 Å². The number of esters is 2. The molecule has 2 aromatic heterocycles. The summed E-state index contributed by atoms with van der Waals surface area (Å²) in [7, 11) is 0. The zero-order valence-electron chi connectivity index (χ0n) is 13.5. The van der Waals surface area contributed by atoms with Crippen molar-refractivity contribution in [1.82, 2.24) is 9.97 Å². The molecule has 0 saturated heterocycles. The number of aromatic nitrogens is 2. The van der Waals surface area contributed by atoms with Crippen molar-refractivity contribution in [1.29, 1.82) is 0 Å². The van der Waals surface area contributed by atoms with E-state index in [1.165, 1.54) is 0 Å². The van der Waals surface area contributed by atoms with E-state index < -0.39 is 71.7 Å². The maximum atomic E-state index is 13.3. The predicted octanol–water partition coefficient (Wildman–Crippen LogP) is 2.88. The Morgan fingerprint density at radius 1 is 0.750 bits per heavy atom. The van der Waals surface area contributed by atoms with E-state index in [-0.39, 0.29) is 0 Å². The molecule has 148 valence electrons. The van der Waals surface area contributed by atoms with E-state index in [1.54, 1.807) is 0 Å². The van der Waals surface area contributed by atoms with Crippen molar-refractivity contribution in [2.45, 2.75) is 0 Å². The van der Waals surface area contributed by atoms with Crippen molar-refractivity contribution < 1.29 is 45.4 Å². The van der Waals surface area contributed by atoms with E-state index >= 15 is 0 Å². The first-order valence-electron chi connectivity index (χ1n) is 7.23. The summed E-state index contributed by atoms with van der Waals surface area (Å²) in [6.07, 6.45) is 2.20. The Kier molecular flexibility index (Phi) is 6.69. The molecule has 0 bridgehead atoms. The molecular formula is C16H8F6N2O4. The van der Waals surface area contributed by atoms with Crippen LogP contribution >= 0.6 is 0 Å². The molecule has 6 nitrogen and oxygen atoms in total. The number of carbonyl (C=O) groups is 2. The van der Waals surface area contributed by atoms with E-state index in [9.17, 15) is 35.9 Å². The minimum Gasteiger partial charge on any atom is -0.458 e. The molecule has 0 N–H and O–H groups in total. The van der Waals surface area contributed by atoms with Gasteiger partial charge in [-0.3, -0.25) is 0 Å². The Morgan fingerprint density at radius 2 is 1.11 bits per heavy atom. The summed E-state index contributed by atoms with van der Waals surface area (Å²) in [5.74, 6) is -12.6. The minimum atomic E-state index is -1.81. The zero-order valence-corrected chi connectivity index (χ0v) is 13.5. The molecular weight excluding hydrogens is 398 g/mol. The number of hydrogen-bond acceptors (Lipinski definition) is 6. The monoisotopic (exact) mass is 406 g/mol. The second kappa shape index (κ2) is 8.97. The van der Waals surface area contributed by atoms with Gasteiger partial charge in [0.05, 0.1) is 0 Å². The number of ether oxygens (including phenoxy) is 2. The van der Waals surface area contributed by atoms with Gasteiger partial charge in [-0.1, -0.05) is 0 Å². The molecule has 0 saturated carbocycles. The Labute approximate surface area is 152 Å². The highest BCUT2D eigenvalue weighted by atomic mass is 19.2. The lowest BCUT2D eigenvalue weighted by atomic mass is 10.2. The van der Waals surface area contributed by atoms with Gasteiger partial charge in [-0.2, -0.15) is 27.5 Å². The number of pyridine rings is 2. The highest BCUT2D eigenvalue weighted by Gasteiger charge is 2.20. The third-order valence-electron chi connectivity index (χ3n) is 3.00. The number of rotatable bonds is 6. The van der Waals surface area contributed by atoms with Crippen molar-refractivity contribution in [2.75, 3.05) is 13.2 Å². The second-order valence-corrected chi connectivity index (χ2v) is 4.86. The fraction of sp³-hybridized carbons (Fsp3) is 0.125. The van der Waals surface area contributed by atoms with E-state index in [0.29, 0.717) is 12.1 Å². The first kappa shape index (κ1) is 20.9. The normalized spacial score (nSPS) is 10.9. The smallest absolute Gasteiger partial charge is 0.341 e. The van der Waals surface area contributed by atoms with Gasteiger partial charge in [0.1, 0.15) is 24.3 Å². The topological polar surface area (TPSA) is 78.4 Å². The summed E-state index contributed by atoms with van der Waals surface area (Å²) in [6.45, 7) is -1.01. The first-order valence-corrected chi connectivity index (χ1v) is 7.23. The van der Waals surface area contributed by atoms with Crippen LogP contribution in [0.25, 0.3) is 0 Å². The van der Waals surface area contributed by atoms with Crippen LogP contribution in [0.15, 0.2) is 24.3 Å². The largest absolute Gasteiger partial charge is 0.458 e. The Bertz CT molecular complexity index is 876. The number of carbonyl (C=O) groups excluding carboxylic acids is 2. The Balaban J connectivity index is 1.85. The predicted molar refractivity (Wildman–Crippen MR) is 77.9 cm³/mol. The van der Waals surface area contributed by atoms with Crippen LogP contribution in [0.1, 0.15) is 20.7 Å². The average Bonchev–Trinajstić information content (AvgIpc) is 2.63. The SMILES string of the molecule is O=C(OC/C=C\COC(=O)c1cc(F)nc(F)c1F)c1cc(F)nc(F)c1F. The lowest BCUT2D eigenvalue weighted by Gasteiger charge is -2.05. The molecule has 0 aromatic carbocycles. The van der Waals surface area contributed by atoms with Crippen molar-refractivity contribution in [3.05, 3.63) is 70.8 Å². The van der Waals surface area contributed by atoms with Crippen LogP contribution in [0.3, 0.4) is 0 Å². The molecule has 0 atom stereocenters. The van der Waals surface area contributed by atoms with Gasteiger partial charge < -0.3 is 9.47 Å². The van der Waals surface area contributed by atoms with Crippen LogP contribution in [-0.4, -0.2) is 35.1 Å². The summed E-state index contributed by atoms with van der Waals surface area (Å²) in [6, 6.07) is 0.682. The summed E-state index contributed by atoms with van der Waals surface area (Å²) < 4.78 is 87.3. The number of halogens is 6. The van der Waals surface area contributed by atoms with Crippen LogP contribution in [-0.2, 0) is 9.47 Å². The molecule has 0 amide bonds. The molecule has 2 heterocycles. The summed E-state index contributed by atoms with van der Waals surface area (Å²) >= 11 is 0. The van der Waals surface area contributed by atoms with Gasteiger partial charge >= 0.3 is 11.9 Å². The second-order valence-electron chi connectivity index (χ2n) is 4.86. The van der Waals surface area contributed by atoms with E-state index in [2.05, 4.69) is 19.4 Å². The molecule has 0 unspecified atom stereocenters. The van der Waals surface area contributed by atoms with E-state index in [0.717, 1.165) is 12.2 Å². The van der Waals surface area contributed by atoms with Crippen LogP contribution in [0, 0.1) is 35.4 Å². The third kappa shape index (κ3) is 5.05. The van der Waals surface area contributed by atoms with Gasteiger partial charge in [0.25, 0.3) is 11.9 Å². The molecule has 2 aromatic rings. The minimum absolute atomic E-state index is 0.341. The molecule has 0 aliphatic rings. The highest BCUT2D eigenvalue weighted by Crippen LogP contribution is 2.13. The van der Waals surface area contributed by atoms with Crippen LogP contribution < -0.4 is 0 Å². The van der Waals surface area contributed by atoms with Crippen LogP contribution in [0.5, 0.6) is 0 Å². The Hall–Kier alpha value is -3.44. The molecule has 0 spiro atoms. The highest BCUT2D eigenvalue weighted by molar-refractivity contribution is 5.90. The van der Waals surface area contributed by atoms with Gasteiger partial charge in [0, 0.05) is 12.1 Å². The fourth-order valence-corrected chi connectivity index (χ4v) is 1.77. The third-order valence-corrected chi connectivity index (χ3v) is 3.00. The molecule has 0 fully saturated rings. The lowest BCUT2D eigenvalue weighted by Crippen LogP contribution is -2.12. The Morgan fingerprint density at radius 3 is 1.46 bits per heavy atom. The molecule has 28 heavy (non-hydrogen) atoms. The van der Waals surface area contributed by atoms with Crippen molar-refractivity contribution >= 4 is 11.9 Å². The van der Waals surface area contributed by atoms with Crippen LogP contribution in [0.2, 0.25) is 0 Å². The molecule has 12 heteroatoms. The molecule has 0 aliphatic heterocycles. The molecule has 0 aliphatic carbocycles. The lowest BCUT2D eigenvalue weighted by molar-refractivity contribution is 0.0519. The summed E-state index contributed by atoms with van der Waals surface area (Å²) in [4.78, 5) is 28.2. The van der Waals surface area contributed by atoms with E-state index in [1.807, 2.05) is 0 Å². The maximum absolute atomic E-state index is 13.3. The quantitative estimate of drug-likeness (QED) is 0.318. The van der Waals surface area contributed by atoms with Gasteiger partial charge in [-0.25, -0.2) is 18.4 Å².